The molecule has 2 aromatic rings. The minimum atomic E-state index is -0.673. The Morgan fingerprint density at radius 3 is 2.43 bits per heavy atom. The first-order chi connectivity index (χ1) is 13.4. The molecule has 0 radical (unpaired) electrons. The predicted octanol–water partition coefficient (Wildman–Crippen LogP) is 2.63. The molecule has 2 rings (SSSR count). The fraction of sp³-hybridized carbons (Fsp3) is 0.250. The lowest BCUT2D eigenvalue weighted by atomic mass is 10.1. The van der Waals surface area contributed by atoms with Gasteiger partial charge in [-0.25, -0.2) is 4.79 Å². The molecule has 0 aliphatic rings. The zero-order valence-electron chi connectivity index (χ0n) is 15.5. The maximum absolute atomic E-state index is 12.4. The number of aliphatic hydroxyl groups is 1. The normalized spacial score (nSPS) is 11.5. The van der Waals surface area contributed by atoms with Crippen LogP contribution in [0.2, 0.25) is 0 Å². The Bertz CT molecular complexity index is 837. The predicted molar refractivity (Wildman–Crippen MR) is 103 cm³/mol. The van der Waals surface area contributed by atoms with Gasteiger partial charge >= 0.3 is 11.9 Å². The molecule has 0 spiro atoms. The van der Waals surface area contributed by atoms with Crippen molar-refractivity contribution < 1.29 is 29.1 Å². The summed E-state index contributed by atoms with van der Waals surface area (Å²) >= 11 is 1.44. The molecule has 1 unspecified atom stereocenters. The first-order valence-corrected chi connectivity index (χ1v) is 9.35. The number of ketones is 1. The van der Waals surface area contributed by atoms with Gasteiger partial charge in [0.2, 0.25) is 0 Å². The molecule has 8 heteroatoms. The molecule has 0 heterocycles. The van der Waals surface area contributed by atoms with E-state index in [4.69, 9.17) is 9.84 Å². The van der Waals surface area contributed by atoms with Crippen LogP contribution < -0.4 is 5.48 Å². The van der Waals surface area contributed by atoms with Crippen LogP contribution >= 0.6 is 11.8 Å². The van der Waals surface area contributed by atoms with Gasteiger partial charge in [0, 0.05) is 22.3 Å². The first-order valence-electron chi connectivity index (χ1n) is 8.54. The number of hydroxylamine groups is 1. The van der Waals surface area contributed by atoms with E-state index < -0.39 is 18.0 Å². The Hall–Kier alpha value is -2.68. The highest BCUT2D eigenvalue weighted by Crippen LogP contribution is 2.28. The molecule has 0 amide bonds. The molecular weight excluding hydrogens is 382 g/mol. The summed E-state index contributed by atoms with van der Waals surface area (Å²) in [4.78, 5) is 41.4. The third-order valence-electron chi connectivity index (χ3n) is 3.54. The van der Waals surface area contributed by atoms with Gasteiger partial charge in [-0.15, -0.1) is 5.48 Å². The van der Waals surface area contributed by atoms with Crippen molar-refractivity contribution >= 4 is 29.5 Å². The number of Topliss-reactive ketones (excluding diaryl/α,β-unsaturated/α-hetero) is 1. The van der Waals surface area contributed by atoms with Crippen LogP contribution in [0.5, 0.6) is 0 Å². The molecule has 0 bridgehead atoms. The number of hydrogen-bond acceptors (Lipinski definition) is 8. The summed E-state index contributed by atoms with van der Waals surface area (Å²) < 4.78 is 4.86. The van der Waals surface area contributed by atoms with E-state index in [9.17, 15) is 14.4 Å². The third-order valence-corrected chi connectivity index (χ3v) is 4.54. The largest absolute Gasteiger partial charge is 0.460 e. The summed E-state index contributed by atoms with van der Waals surface area (Å²) in [5, 5.41) is 8.69. The fourth-order valence-corrected chi connectivity index (χ4v) is 3.08. The van der Waals surface area contributed by atoms with E-state index in [-0.39, 0.29) is 19.0 Å². The summed E-state index contributed by atoms with van der Waals surface area (Å²) in [7, 11) is 0. The minimum absolute atomic E-state index is 0.0408. The van der Waals surface area contributed by atoms with Gasteiger partial charge < -0.3 is 14.7 Å². The van der Waals surface area contributed by atoms with Crippen LogP contribution in [0.4, 0.5) is 0 Å². The number of aliphatic hydroxyl groups excluding tert-OH is 1. The number of benzene rings is 2. The summed E-state index contributed by atoms with van der Waals surface area (Å²) in [6.45, 7) is 2.60. The Labute approximate surface area is 167 Å². The van der Waals surface area contributed by atoms with Crippen molar-refractivity contribution in [1.29, 1.82) is 0 Å². The molecule has 1 atom stereocenters. The molecule has 148 valence electrons. The van der Waals surface area contributed by atoms with Crippen molar-refractivity contribution in [2.24, 2.45) is 0 Å². The molecule has 0 aliphatic carbocycles. The van der Waals surface area contributed by atoms with Crippen LogP contribution in [0, 0.1) is 0 Å². The van der Waals surface area contributed by atoms with Gasteiger partial charge in [0.15, 0.2) is 5.78 Å². The number of esters is 1. The number of hydrogen-bond donors (Lipinski definition) is 2. The summed E-state index contributed by atoms with van der Waals surface area (Å²) in [6.07, 6.45) is 0. The Kier molecular flexibility index (Phi) is 8.19. The molecule has 0 aliphatic heterocycles. The number of carbonyl (C=O) groups excluding carboxylic acids is 3. The topological polar surface area (TPSA) is 102 Å². The van der Waals surface area contributed by atoms with E-state index in [1.807, 2.05) is 6.07 Å². The van der Waals surface area contributed by atoms with E-state index in [0.717, 1.165) is 9.79 Å². The van der Waals surface area contributed by atoms with Crippen molar-refractivity contribution in [1.82, 2.24) is 5.48 Å². The third kappa shape index (κ3) is 6.49. The zero-order valence-corrected chi connectivity index (χ0v) is 16.3. The second kappa shape index (κ2) is 10.6. The van der Waals surface area contributed by atoms with Gasteiger partial charge in [0.05, 0.1) is 12.2 Å². The number of nitrogens with one attached hydrogen (secondary N) is 1. The molecule has 7 nitrogen and oxygen atoms in total. The van der Waals surface area contributed by atoms with Crippen LogP contribution in [0.3, 0.4) is 0 Å². The molecule has 0 saturated heterocycles. The molecule has 0 fully saturated rings. The smallest absolute Gasteiger partial charge is 0.338 e. The van der Waals surface area contributed by atoms with Crippen molar-refractivity contribution in [3.8, 4) is 0 Å². The highest BCUT2D eigenvalue weighted by Gasteiger charge is 2.16. The highest BCUT2D eigenvalue weighted by molar-refractivity contribution is 7.99. The molecule has 2 aromatic carbocycles. The lowest BCUT2D eigenvalue weighted by Crippen LogP contribution is -2.35. The SMILES string of the molecule is CC(=O)ONC(C)C(=O)c1cccc(Sc2ccc(C(=O)OCCO)cc2)c1. The van der Waals surface area contributed by atoms with Crippen LogP contribution in [0.25, 0.3) is 0 Å². The molecule has 0 aromatic heterocycles. The van der Waals surface area contributed by atoms with Crippen molar-refractivity contribution in [2.45, 2.75) is 29.7 Å². The molecular formula is C20H21NO6S. The van der Waals surface area contributed by atoms with E-state index in [1.165, 1.54) is 18.7 Å². The average Bonchev–Trinajstić information content (AvgIpc) is 2.70. The Morgan fingerprint density at radius 1 is 1.07 bits per heavy atom. The summed E-state index contributed by atoms with van der Waals surface area (Å²) in [5.74, 6) is -1.22. The lowest BCUT2D eigenvalue weighted by Gasteiger charge is -2.12. The van der Waals surface area contributed by atoms with Gasteiger partial charge in [0.1, 0.15) is 12.6 Å². The molecule has 0 saturated carbocycles. The fourth-order valence-electron chi connectivity index (χ4n) is 2.20. The standard InChI is InChI=1S/C20H21NO6S/c1-13(21-27-14(2)23)19(24)16-4-3-5-18(12-16)28-17-8-6-15(7-9-17)20(25)26-11-10-22/h3-9,12-13,21-22H,10-11H2,1-2H3. The number of carbonyl (C=O) groups is 3. The van der Waals surface area contributed by atoms with Crippen LogP contribution in [0.15, 0.2) is 58.3 Å². The van der Waals surface area contributed by atoms with Gasteiger partial charge in [-0.2, -0.15) is 0 Å². The summed E-state index contributed by atoms with van der Waals surface area (Å²) in [5.41, 5.74) is 3.30. The van der Waals surface area contributed by atoms with Crippen molar-refractivity contribution in [3.05, 3.63) is 59.7 Å². The average molecular weight is 403 g/mol. The van der Waals surface area contributed by atoms with Crippen LogP contribution in [0.1, 0.15) is 34.6 Å². The highest BCUT2D eigenvalue weighted by atomic mass is 32.2. The minimum Gasteiger partial charge on any atom is -0.460 e. The van der Waals surface area contributed by atoms with Gasteiger partial charge in [0.25, 0.3) is 0 Å². The van der Waals surface area contributed by atoms with E-state index >= 15 is 0 Å². The van der Waals surface area contributed by atoms with E-state index in [2.05, 4.69) is 10.3 Å². The maximum atomic E-state index is 12.4. The number of rotatable bonds is 9. The lowest BCUT2D eigenvalue weighted by molar-refractivity contribution is -0.149. The van der Waals surface area contributed by atoms with E-state index in [1.54, 1.807) is 49.4 Å². The molecule has 2 N–H and O–H groups in total. The quantitative estimate of drug-likeness (QED) is 0.374. The van der Waals surface area contributed by atoms with Crippen LogP contribution in [-0.4, -0.2) is 42.1 Å². The van der Waals surface area contributed by atoms with Gasteiger partial charge in [-0.05, 0) is 43.3 Å². The van der Waals surface area contributed by atoms with Crippen molar-refractivity contribution in [3.63, 3.8) is 0 Å². The van der Waals surface area contributed by atoms with Gasteiger partial charge in [-0.3, -0.25) is 9.59 Å². The maximum Gasteiger partial charge on any atom is 0.338 e. The first kappa shape index (κ1) is 21.6. The van der Waals surface area contributed by atoms with Crippen LogP contribution in [-0.2, 0) is 14.4 Å². The van der Waals surface area contributed by atoms with Gasteiger partial charge in [-0.1, -0.05) is 23.9 Å². The molecule has 28 heavy (non-hydrogen) atoms. The second-order valence-electron chi connectivity index (χ2n) is 5.81. The van der Waals surface area contributed by atoms with E-state index in [0.29, 0.717) is 11.1 Å². The monoisotopic (exact) mass is 403 g/mol. The Balaban J connectivity index is 2.03. The summed E-state index contributed by atoms with van der Waals surface area (Å²) in [6, 6.07) is 13.3. The van der Waals surface area contributed by atoms with Crippen molar-refractivity contribution in [2.75, 3.05) is 13.2 Å². The zero-order chi connectivity index (χ0) is 20.5. The number of ether oxygens (including phenoxy) is 1. The Morgan fingerprint density at radius 2 is 1.79 bits per heavy atom. The second-order valence-corrected chi connectivity index (χ2v) is 6.96.